The van der Waals surface area contributed by atoms with Gasteiger partial charge in [-0.15, -0.1) is 0 Å². The third-order valence-corrected chi connectivity index (χ3v) is 3.07. The van der Waals surface area contributed by atoms with Gasteiger partial charge in [0.2, 0.25) is 0 Å². The summed E-state index contributed by atoms with van der Waals surface area (Å²) in [4.78, 5) is 25.8. The first kappa shape index (κ1) is 15.5. The largest absolute Gasteiger partial charge is 0.444 e. The highest BCUT2D eigenvalue weighted by molar-refractivity contribution is 5.96. The zero-order valence-electron chi connectivity index (χ0n) is 12.7. The van der Waals surface area contributed by atoms with Crippen LogP contribution in [0.2, 0.25) is 0 Å². The molecule has 5 heteroatoms. The van der Waals surface area contributed by atoms with Crippen molar-refractivity contribution >= 4 is 11.9 Å². The molecule has 1 aliphatic heterocycles. The molecule has 1 saturated heterocycles. The molecule has 0 saturated carbocycles. The van der Waals surface area contributed by atoms with Crippen molar-refractivity contribution in [2.24, 2.45) is 0 Å². The second kappa shape index (κ2) is 6.26. The third-order valence-electron chi connectivity index (χ3n) is 3.07. The Kier molecular flexibility index (Phi) is 4.63. The molecule has 1 aliphatic rings. The topological polar surface area (TPSA) is 55.8 Å². The second-order valence-corrected chi connectivity index (χ2v) is 5.99. The van der Waals surface area contributed by atoms with E-state index in [9.17, 15) is 9.59 Å². The van der Waals surface area contributed by atoms with Crippen LogP contribution in [-0.4, -0.2) is 41.8 Å². The molecule has 5 nitrogen and oxygen atoms in total. The van der Waals surface area contributed by atoms with E-state index < -0.39 is 17.9 Å². The first-order chi connectivity index (χ1) is 9.87. The van der Waals surface area contributed by atoms with Gasteiger partial charge in [0.15, 0.2) is 5.78 Å². The van der Waals surface area contributed by atoms with Gasteiger partial charge in [0.25, 0.3) is 0 Å². The molecule has 0 aromatic heterocycles. The first-order valence-corrected chi connectivity index (χ1v) is 7.06. The van der Waals surface area contributed by atoms with Gasteiger partial charge >= 0.3 is 6.09 Å². The van der Waals surface area contributed by atoms with Crippen LogP contribution in [0.3, 0.4) is 0 Å². The molecule has 114 valence electrons. The highest BCUT2D eigenvalue weighted by Gasteiger charge is 2.34. The van der Waals surface area contributed by atoms with Crippen LogP contribution >= 0.6 is 0 Å². The van der Waals surface area contributed by atoms with E-state index in [2.05, 4.69) is 0 Å². The lowest BCUT2D eigenvalue weighted by Gasteiger charge is -2.27. The summed E-state index contributed by atoms with van der Waals surface area (Å²) in [6.07, 6.45) is -0.845. The minimum absolute atomic E-state index is 0.0453. The Morgan fingerprint density at radius 3 is 2.57 bits per heavy atom. The van der Waals surface area contributed by atoms with Crippen molar-refractivity contribution in [3.05, 3.63) is 35.9 Å². The van der Waals surface area contributed by atoms with Crippen LogP contribution in [-0.2, 0) is 9.47 Å². The molecule has 2 rings (SSSR count). The smallest absolute Gasteiger partial charge is 0.412 e. The molecule has 1 aromatic carbocycles. The normalized spacial score (nSPS) is 18.6. The molecule has 1 amide bonds. The molecule has 1 aromatic rings. The molecule has 1 unspecified atom stereocenters. The number of ether oxygens (including phenoxy) is 2. The van der Waals surface area contributed by atoms with E-state index in [1.54, 1.807) is 12.1 Å². The molecular formula is C16H21NO4. The van der Waals surface area contributed by atoms with E-state index in [0.29, 0.717) is 18.7 Å². The van der Waals surface area contributed by atoms with Gasteiger partial charge in [-0.25, -0.2) is 4.79 Å². The molecule has 21 heavy (non-hydrogen) atoms. The summed E-state index contributed by atoms with van der Waals surface area (Å²) in [5, 5.41) is 0. The molecule has 0 spiro atoms. The Bertz CT molecular complexity index is 507. The van der Waals surface area contributed by atoms with Crippen LogP contribution in [0.5, 0.6) is 0 Å². The Balaban J connectivity index is 1.99. The van der Waals surface area contributed by atoms with Gasteiger partial charge in [-0.3, -0.25) is 9.69 Å². The molecule has 0 radical (unpaired) electrons. The van der Waals surface area contributed by atoms with Crippen LogP contribution in [0, 0.1) is 0 Å². The summed E-state index contributed by atoms with van der Waals surface area (Å²) in [5.41, 5.74) is 0.0605. The summed E-state index contributed by atoms with van der Waals surface area (Å²) in [6.45, 7) is 6.30. The predicted molar refractivity (Wildman–Crippen MR) is 78.1 cm³/mol. The number of carbonyl (C=O) groups is 2. The molecule has 1 atom stereocenters. The second-order valence-electron chi connectivity index (χ2n) is 5.99. The van der Waals surface area contributed by atoms with Crippen molar-refractivity contribution in [2.45, 2.75) is 39.0 Å². The molecule has 1 fully saturated rings. The highest BCUT2D eigenvalue weighted by atomic mass is 16.6. The zero-order valence-corrected chi connectivity index (χ0v) is 12.7. The van der Waals surface area contributed by atoms with Crippen molar-refractivity contribution in [1.29, 1.82) is 0 Å². The Morgan fingerprint density at radius 1 is 1.29 bits per heavy atom. The first-order valence-electron chi connectivity index (χ1n) is 7.06. The van der Waals surface area contributed by atoms with E-state index in [4.69, 9.17) is 9.47 Å². The van der Waals surface area contributed by atoms with Crippen molar-refractivity contribution in [3.63, 3.8) is 0 Å². The lowest BCUT2D eigenvalue weighted by Crippen LogP contribution is -2.41. The fourth-order valence-electron chi connectivity index (χ4n) is 2.12. The van der Waals surface area contributed by atoms with Crippen LogP contribution in [0.4, 0.5) is 4.79 Å². The van der Waals surface area contributed by atoms with Gasteiger partial charge in [-0.1, -0.05) is 30.3 Å². The lowest BCUT2D eigenvalue weighted by molar-refractivity contribution is -0.00928. The monoisotopic (exact) mass is 291 g/mol. The molecule has 0 N–H and O–H groups in total. The minimum Gasteiger partial charge on any atom is -0.444 e. The average Bonchev–Trinajstić information content (AvgIpc) is 2.86. The zero-order chi connectivity index (χ0) is 15.5. The van der Waals surface area contributed by atoms with Gasteiger partial charge < -0.3 is 9.47 Å². The van der Waals surface area contributed by atoms with Crippen molar-refractivity contribution in [1.82, 2.24) is 4.90 Å². The van der Waals surface area contributed by atoms with E-state index in [-0.39, 0.29) is 12.2 Å². The van der Waals surface area contributed by atoms with Gasteiger partial charge in [0, 0.05) is 5.56 Å². The molecule has 1 heterocycles. The summed E-state index contributed by atoms with van der Waals surface area (Å²) in [6, 6.07) is 9.00. The predicted octanol–water partition coefficient (Wildman–Crippen LogP) is 2.85. The highest BCUT2D eigenvalue weighted by Crippen LogP contribution is 2.20. The number of hydrogen-bond acceptors (Lipinski definition) is 4. The maximum Gasteiger partial charge on any atom is 0.412 e. The summed E-state index contributed by atoms with van der Waals surface area (Å²) < 4.78 is 10.8. The number of nitrogens with zero attached hydrogens (tertiary/aromatic N) is 1. The number of hydrogen-bond donors (Lipinski definition) is 0. The SMILES string of the molecule is CC(C)(C)OC(=O)N1CCOC1CC(=O)c1ccccc1. The van der Waals surface area contributed by atoms with Gasteiger partial charge in [-0.05, 0) is 20.8 Å². The number of rotatable bonds is 3. The lowest BCUT2D eigenvalue weighted by atomic mass is 10.1. The number of Topliss-reactive ketones (excluding diaryl/α,β-unsaturated/α-hetero) is 1. The minimum atomic E-state index is -0.562. The standard InChI is InChI=1S/C16H21NO4/c1-16(2,3)21-15(19)17-9-10-20-14(17)11-13(18)12-7-5-4-6-8-12/h4-8,14H,9-11H2,1-3H3. The molecule has 0 aliphatic carbocycles. The Labute approximate surface area is 124 Å². The van der Waals surface area contributed by atoms with Crippen molar-refractivity contribution < 1.29 is 19.1 Å². The summed E-state index contributed by atoms with van der Waals surface area (Å²) in [7, 11) is 0. The maximum atomic E-state index is 12.2. The van der Waals surface area contributed by atoms with E-state index in [0.717, 1.165) is 0 Å². The average molecular weight is 291 g/mol. The van der Waals surface area contributed by atoms with Crippen molar-refractivity contribution in [2.75, 3.05) is 13.2 Å². The molecular weight excluding hydrogens is 270 g/mol. The third kappa shape index (κ3) is 4.29. The number of benzene rings is 1. The van der Waals surface area contributed by atoms with Crippen LogP contribution in [0.1, 0.15) is 37.6 Å². The van der Waals surface area contributed by atoms with E-state index in [1.165, 1.54) is 4.90 Å². The maximum absolute atomic E-state index is 12.2. The molecule has 0 bridgehead atoms. The van der Waals surface area contributed by atoms with Crippen LogP contribution < -0.4 is 0 Å². The summed E-state index contributed by atoms with van der Waals surface area (Å²) in [5.74, 6) is -0.0453. The number of carbonyl (C=O) groups excluding carboxylic acids is 2. The van der Waals surface area contributed by atoms with Crippen LogP contribution in [0.15, 0.2) is 30.3 Å². The van der Waals surface area contributed by atoms with E-state index in [1.807, 2.05) is 39.0 Å². The van der Waals surface area contributed by atoms with E-state index >= 15 is 0 Å². The summed E-state index contributed by atoms with van der Waals surface area (Å²) >= 11 is 0. The van der Waals surface area contributed by atoms with Crippen LogP contribution in [0.25, 0.3) is 0 Å². The fourth-order valence-corrected chi connectivity index (χ4v) is 2.12. The fraction of sp³-hybridized carbons (Fsp3) is 0.500. The van der Waals surface area contributed by atoms with Gasteiger partial charge in [0.1, 0.15) is 11.8 Å². The number of ketones is 1. The van der Waals surface area contributed by atoms with Gasteiger partial charge in [-0.2, -0.15) is 0 Å². The van der Waals surface area contributed by atoms with Gasteiger partial charge in [0.05, 0.1) is 19.6 Å². The Morgan fingerprint density at radius 2 is 1.95 bits per heavy atom. The van der Waals surface area contributed by atoms with Crippen molar-refractivity contribution in [3.8, 4) is 0 Å². The number of amides is 1. The Hall–Kier alpha value is -1.88. The quantitative estimate of drug-likeness (QED) is 0.804.